The molecule has 0 saturated carbocycles. The van der Waals surface area contributed by atoms with Crippen molar-refractivity contribution >= 4 is 0 Å². The number of hydrogen-bond donors (Lipinski definition) is 1. The predicted octanol–water partition coefficient (Wildman–Crippen LogP) is -0.950. The van der Waals surface area contributed by atoms with Crippen molar-refractivity contribution in [2.45, 2.75) is 0 Å². The van der Waals surface area contributed by atoms with Gasteiger partial charge in [-0.1, -0.05) is 0 Å². The standard InChI is InChI=1S/C3HN6O/c1-2(10-9-4-1)3-5-7-8-6-3/h(H,5,6,7,8). The van der Waals surface area contributed by atoms with Gasteiger partial charge in [-0.2, -0.15) is 0 Å². The third-order valence-electron chi connectivity index (χ3n) is 0.885. The van der Waals surface area contributed by atoms with E-state index in [0.717, 1.165) is 0 Å². The van der Waals surface area contributed by atoms with Crippen molar-refractivity contribution in [2.24, 2.45) is 0 Å². The van der Waals surface area contributed by atoms with Gasteiger partial charge < -0.3 is 4.52 Å². The van der Waals surface area contributed by atoms with Crippen molar-refractivity contribution < 1.29 is 4.52 Å². The molecule has 0 bridgehead atoms. The molecule has 10 heavy (non-hydrogen) atoms. The second-order valence-corrected chi connectivity index (χ2v) is 1.46. The summed E-state index contributed by atoms with van der Waals surface area (Å²) in [5, 5.41) is 19.1. The normalized spacial score (nSPS) is 10.0. The van der Waals surface area contributed by atoms with Crippen LogP contribution in [-0.2, 0) is 0 Å². The first kappa shape index (κ1) is 5.03. The first-order valence-electron chi connectivity index (χ1n) is 2.41. The molecule has 0 aliphatic carbocycles. The molecule has 1 radical (unpaired) electrons. The van der Waals surface area contributed by atoms with Gasteiger partial charge in [-0.05, 0) is 10.4 Å². The van der Waals surface area contributed by atoms with Gasteiger partial charge in [0.2, 0.25) is 11.6 Å². The highest BCUT2D eigenvalue weighted by Crippen LogP contribution is 2.06. The summed E-state index contributed by atoms with van der Waals surface area (Å²) in [7, 11) is 0. The van der Waals surface area contributed by atoms with Crippen molar-refractivity contribution in [1.29, 1.82) is 0 Å². The minimum absolute atomic E-state index is 0.296. The Hall–Kier alpha value is -1.79. The lowest BCUT2D eigenvalue weighted by molar-refractivity contribution is 0.401. The molecule has 0 unspecified atom stereocenters. The van der Waals surface area contributed by atoms with E-state index in [1.807, 2.05) is 0 Å². The summed E-state index contributed by atoms with van der Waals surface area (Å²) < 4.78 is 4.59. The zero-order chi connectivity index (χ0) is 6.81. The van der Waals surface area contributed by atoms with E-state index in [1.165, 1.54) is 0 Å². The Morgan fingerprint density at radius 3 is 3.10 bits per heavy atom. The number of nitrogens with one attached hydrogen (secondary N) is 1. The molecule has 0 atom stereocenters. The average molecular weight is 137 g/mol. The van der Waals surface area contributed by atoms with Gasteiger partial charge >= 0.3 is 0 Å². The second kappa shape index (κ2) is 1.87. The van der Waals surface area contributed by atoms with Gasteiger partial charge in [0.05, 0.1) is 0 Å². The molecule has 7 nitrogen and oxygen atoms in total. The molecule has 2 aromatic heterocycles. The minimum atomic E-state index is 0.296. The third kappa shape index (κ3) is 0.642. The Kier molecular flexibility index (Phi) is 0.938. The molecule has 49 valence electrons. The van der Waals surface area contributed by atoms with Gasteiger partial charge in [0.1, 0.15) is 0 Å². The van der Waals surface area contributed by atoms with E-state index in [1.54, 1.807) is 0 Å². The molecule has 1 N–H and O–H groups in total. The van der Waals surface area contributed by atoms with Crippen LogP contribution in [0.5, 0.6) is 0 Å². The van der Waals surface area contributed by atoms with Gasteiger partial charge in [-0.3, -0.25) is 0 Å². The Balaban J connectivity index is 2.48. The quantitative estimate of drug-likeness (QED) is 0.544. The second-order valence-electron chi connectivity index (χ2n) is 1.46. The van der Waals surface area contributed by atoms with Gasteiger partial charge in [-0.15, -0.1) is 10.2 Å². The molecule has 0 aliphatic rings. The fourth-order valence-electron chi connectivity index (χ4n) is 0.499. The maximum atomic E-state index is 4.59. The lowest BCUT2D eigenvalue weighted by Crippen LogP contribution is -1.75. The zero-order valence-electron chi connectivity index (χ0n) is 4.64. The molecule has 0 amide bonds. The SMILES string of the molecule is [c]1nnoc1-c1nnn[nH]1. The van der Waals surface area contributed by atoms with E-state index in [2.05, 4.69) is 41.7 Å². The lowest BCUT2D eigenvalue weighted by atomic mass is 10.5. The van der Waals surface area contributed by atoms with E-state index in [0.29, 0.717) is 11.6 Å². The Morgan fingerprint density at radius 2 is 2.50 bits per heavy atom. The topological polar surface area (TPSA) is 93.4 Å². The van der Waals surface area contributed by atoms with Crippen LogP contribution in [0.1, 0.15) is 0 Å². The van der Waals surface area contributed by atoms with Crippen LogP contribution in [0, 0.1) is 6.20 Å². The van der Waals surface area contributed by atoms with Gasteiger partial charge in [-0.25, -0.2) is 5.10 Å². The number of hydrogen-bond acceptors (Lipinski definition) is 6. The highest BCUT2D eigenvalue weighted by Gasteiger charge is 2.05. The largest absolute Gasteiger partial charge is 0.333 e. The number of aromatic amines is 1. The summed E-state index contributed by atoms with van der Waals surface area (Å²) in [6.45, 7) is 0. The van der Waals surface area contributed by atoms with Crippen molar-refractivity contribution in [1.82, 2.24) is 31.0 Å². The first-order valence-corrected chi connectivity index (χ1v) is 2.41. The van der Waals surface area contributed by atoms with Crippen LogP contribution in [0.3, 0.4) is 0 Å². The Morgan fingerprint density at radius 1 is 1.50 bits per heavy atom. The predicted molar refractivity (Wildman–Crippen MR) is 26.3 cm³/mol. The van der Waals surface area contributed by atoms with Crippen LogP contribution >= 0.6 is 0 Å². The van der Waals surface area contributed by atoms with Gasteiger partial charge in [0.15, 0.2) is 6.20 Å². The molecular formula is C3HN6O. The van der Waals surface area contributed by atoms with E-state index in [-0.39, 0.29) is 0 Å². The van der Waals surface area contributed by atoms with Crippen LogP contribution in [0.25, 0.3) is 11.6 Å². The molecule has 0 saturated heterocycles. The molecule has 0 spiro atoms. The number of aromatic nitrogens is 6. The van der Waals surface area contributed by atoms with Crippen molar-refractivity contribution in [3.63, 3.8) is 0 Å². The molecule has 2 rings (SSSR count). The summed E-state index contributed by atoms with van der Waals surface area (Å²) in [6.07, 6.45) is 2.44. The van der Waals surface area contributed by atoms with E-state index in [9.17, 15) is 0 Å². The highest BCUT2D eigenvalue weighted by molar-refractivity contribution is 5.40. The Labute approximate surface area is 54.4 Å². The molecule has 0 aromatic carbocycles. The third-order valence-corrected chi connectivity index (χ3v) is 0.885. The molecule has 2 aromatic rings. The van der Waals surface area contributed by atoms with Crippen LogP contribution < -0.4 is 0 Å². The highest BCUT2D eigenvalue weighted by atomic mass is 16.5. The first-order chi connectivity index (χ1) is 4.97. The van der Waals surface area contributed by atoms with E-state index < -0.39 is 0 Å². The number of nitrogens with zero attached hydrogens (tertiary/aromatic N) is 5. The van der Waals surface area contributed by atoms with Crippen molar-refractivity contribution in [3.8, 4) is 11.6 Å². The number of tetrazole rings is 1. The van der Waals surface area contributed by atoms with Crippen LogP contribution in [0.15, 0.2) is 4.52 Å². The smallest absolute Gasteiger partial charge is 0.235 e. The summed E-state index contributed by atoms with van der Waals surface area (Å²) in [5.74, 6) is 0.662. The lowest BCUT2D eigenvalue weighted by Gasteiger charge is -1.76. The zero-order valence-corrected chi connectivity index (χ0v) is 4.64. The average Bonchev–Trinajstić information content (AvgIpc) is 2.59. The number of H-pyrrole nitrogens is 1. The van der Waals surface area contributed by atoms with Crippen LogP contribution in [0.2, 0.25) is 0 Å². The fourth-order valence-corrected chi connectivity index (χ4v) is 0.499. The van der Waals surface area contributed by atoms with Crippen LogP contribution in [0.4, 0.5) is 0 Å². The summed E-state index contributed by atoms with van der Waals surface area (Å²) in [5.41, 5.74) is 0. The monoisotopic (exact) mass is 137 g/mol. The number of rotatable bonds is 1. The van der Waals surface area contributed by atoms with Gasteiger partial charge in [0, 0.05) is 5.27 Å². The molecular weight excluding hydrogens is 136 g/mol. The fraction of sp³-hybridized carbons (Fsp3) is 0. The summed E-state index contributed by atoms with van der Waals surface area (Å²) in [6, 6.07) is 0. The molecule has 7 heteroatoms. The maximum Gasteiger partial charge on any atom is 0.235 e. The maximum absolute atomic E-state index is 4.59. The molecule has 2 heterocycles. The molecule has 0 aliphatic heterocycles. The van der Waals surface area contributed by atoms with Crippen molar-refractivity contribution in [2.75, 3.05) is 0 Å². The summed E-state index contributed by atoms with van der Waals surface area (Å²) in [4.78, 5) is 0. The van der Waals surface area contributed by atoms with Crippen LogP contribution in [-0.4, -0.2) is 31.0 Å². The molecule has 0 fully saturated rings. The van der Waals surface area contributed by atoms with Crippen molar-refractivity contribution in [3.05, 3.63) is 6.20 Å². The summed E-state index contributed by atoms with van der Waals surface area (Å²) >= 11 is 0. The minimum Gasteiger partial charge on any atom is -0.333 e. The van der Waals surface area contributed by atoms with Gasteiger partial charge in [0.25, 0.3) is 0 Å². The van der Waals surface area contributed by atoms with E-state index in [4.69, 9.17) is 0 Å². The van der Waals surface area contributed by atoms with E-state index >= 15 is 0 Å². The Bertz CT molecular complexity index is 252.